The summed E-state index contributed by atoms with van der Waals surface area (Å²) in [5.41, 5.74) is 0. The van der Waals surface area contributed by atoms with Crippen LogP contribution in [0.4, 0.5) is 0 Å². The molecule has 0 spiro atoms. The Morgan fingerprint density at radius 1 is 0.474 bits per heavy atom. The van der Waals surface area contributed by atoms with Gasteiger partial charge in [-0.1, -0.05) is 242 Å². The van der Waals surface area contributed by atoms with Crippen molar-refractivity contribution in [1.29, 1.82) is 0 Å². The minimum absolute atomic E-state index is 0.240. The van der Waals surface area contributed by atoms with Gasteiger partial charge in [0.2, 0.25) is 5.91 Å². The summed E-state index contributed by atoms with van der Waals surface area (Å²) >= 11 is 0. The average Bonchev–Trinajstić information content (AvgIpc) is 3.44. The van der Waals surface area contributed by atoms with Gasteiger partial charge in [0.1, 0.15) is 48.8 Å². The third kappa shape index (κ3) is 34.2. The summed E-state index contributed by atoms with van der Waals surface area (Å²) in [6.07, 6.45) is 47.4. The minimum Gasteiger partial charge on any atom is -0.394 e. The number of hydrogen-bond acceptors (Lipinski definition) is 13. The molecule has 12 atom stereocenters. The van der Waals surface area contributed by atoms with Gasteiger partial charge in [-0.3, -0.25) is 4.79 Å². The molecule has 2 aliphatic heterocycles. The van der Waals surface area contributed by atoms with Gasteiger partial charge in [0.15, 0.2) is 12.6 Å². The van der Waals surface area contributed by atoms with Gasteiger partial charge in [0.05, 0.1) is 32.0 Å². The smallest absolute Gasteiger partial charge is 0.220 e. The predicted octanol–water partition coefficient (Wildman–Crippen LogP) is 11.3. The highest BCUT2D eigenvalue weighted by molar-refractivity contribution is 5.76. The van der Waals surface area contributed by atoms with E-state index in [2.05, 4.69) is 67.8 Å². The van der Waals surface area contributed by atoms with Gasteiger partial charge < -0.3 is 65.1 Å². The van der Waals surface area contributed by atoms with Crippen LogP contribution in [0.2, 0.25) is 0 Å². The lowest BCUT2D eigenvalue weighted by molar-refractivity contribution is -0.359. The number of allylic oxidation sites excluding steroid dienone is 9. The van der Waals surface area contributed by atoms with Crippen molar-refractivity contribution in [3.05, 3.63) is 60.8 Å². The number of carbonyl (C=O) groups excluding carboxylic acids is 1. The number of nitrogens with one attached hydrogen (secondary N) is 1. The topological polar surface area (TPSA) is 228 Å². The van der Waals surface area contributed by atoms with Gasteiger partial charge in [-0.05, 0) is 57.8 Å². The van der Waals surface area contributed by atoms with E-state index in [-0.39, 0.29) is 18.9 Å². The van der Waals surface area contributed by atoms with Crippen LogP contribution in [0.1, 0.15) is 245 Å². The summed E-state index contributed by atoms with van der Waals surface area (Å²) in [5, 5.41) is 86.8. The Kier molecular flexibility index (Phi) is 45.4. The molecule has 2 fully saturated rings. The van der Waals surface area contributed by atoms with Crippen molar-refractivity contribution in [1.82, 2.24) is 5.32 Å². The van der Waals surface area contributed by atoms with Crippen LogP contribution >= 0.6 is 0 Å². The van der Waals surface area contributed by atoms with E-state index in [0.717, 1.165) is 64.2 Å². The minimum atomic E-state index is -1.79. The number of aliphatic hydroxyl groups is 8. The van der Waals surface area contributed by atoms with Crippen LogP contribution in [-0.2, 0) is 23.7 Å². The molecule has 0 aliphatic carbocycles. The van der Waals surface area contributed by atoms with Gasteiger partial charge >= 0.3 is 0 Å². The first-order valence-corrected chi connectivity index (χ1v) is 31.5. The quantitative estimate of drug-likeness (QED) is 0.0204. The van der Waals surface area contributed by atoms with Gasteiger partial charge in [0.25, 0.3) is 0 Å². The molecule has 12 unspecified atom stereocenters. The largest absolute Gasteiger partial charge is 0.394 e. The van der Waals surface area contributed by atoms with Crippen LogP contribution in [0.5, 0.6) is 0 Å². The van der Waals surface area contributed by atoms with E-state index >= 15 is 0 Å². The SMILES string of the molecule is CC/C=C\C/C=C\C/C=C\C/C=C\CCCCCCCCCCCCCCCCCCCCCCCCC(=O)NC(COC1OC(CO)C(OC2OC(CO)C(O)C(O)C2O)C(O)C1O)C(O)/C=C/CCCCCCCCC. The molecule has 0 radical (unpaired) electrons. The molecule has 1 amide bonds. The molecule has 14 nitrogen and oxygen atoms in total. The highest BCUT2D eigenvalue weighted by Crippen LogP contribution is 2.30. The number of carbonyl (C=O) groups is 1. The molecule has 0 aromatic heterocycles. The molecule has 9 N–H and O–H groups in total. The average molecular weight is 1110 g/mol. The van der Waals surface area contributed by atoms with Crippen LogP contribution < -0.4 is 5.32 Å². The molecule has 0 aromatic carbocycles. The molecular formula is C64H115NO13. The number of hydrogen-bond donors (Lipinski definition) is 9. The van der Waals surface area contributed by atoms with E-state index in [9.17, 15) is 45.6 Å². The summed E-state index contributed by atoms with van der Waals surface area (Å²) in [4.78, 5) is 13.2. The Morgan fingerprint density at radius 3 is 1.36 bits per heavy atom. The van der Waals surface area contributed by atoms with Gasteiger partial charge in [-0.15, -0.1) is 0 Å². The first kappa shape index (κ1) is 71.8. The van der Waals surface area contributed by atoms with Crippen molar-refractivity contribution in [2.75, 3.05) is 19.8 Å². The Balaban J connectivity index is 1.56. The predicted molar refractivity (Wildman–Crippen MR) is 314 cm³/mol. The van der Waals surface area contributed by atoms with Gasteiger partial charge in [-0.25, -0.2) is 0 Å². The Hall–Kier alpha value is -2.31. The maximum atomic E-state index is 13.2. The zero-order chi connectivity index (χ0) is 56.7. The lowest BCUT2D eigenvalue weighted by Crippen LogP contribution is -2.65. The number of unbranched alkanes of at least 4 members (excludes halogenated alkanes) is 29. The summed E-state index contributed by atoms with van der Waals surface area (Å²) in [5.74, 6) is -0.240. The zero-order valence-electron chi connectivity index (χ0n) is 48.9. The van der Waals surface area contributed by atoms with Crippen LogP contribution in [0.25, 0.3) is 0 Å². The van der Waals surface area contributed by atoms with Crippen molar-refractivity contribution in [3.8, 4) is 0 Å². The number of amides is 1. The third-order valence-corrected chi connectivity index (χ3v) is 15.2. The fraction of sp³-hybridized carbons (Fsp3) is 0.828. The fourth-order valence-electron chi connectivity index (χ4n) is 10.2. The zero-order valence-corrected chi connectivity index (χ0v) is 48.9. The Morgan fingerprint density at radius 2 is 0.885 bits per heavy atom. The third-order valence-electron chi connectivity index (χ3n) is 15.2. The Bertz CT molecular complexity index is 1540. The van der Waals surface area contributed by atoms with Crippen LogP contribution in [0.15, 0.2) is 60.8 Å². The van der Waals surface area contributed by atoms with Crippen LogP contribution in [-0.4, -0.2) is 140 Å². The summed E-state index contributed by atoms with van der Waals surface area (Å²) in [6.45, 7) is 2.65. The molecule has 0 aromatic rings. The molecule has 2 aliphatic rings. The van der Waals surface area contributed by atoms with Gasteiger partial charge in [-0.2, -0.15) is 0 Å². The van der Waals surface area contributed by atoms with Crippen molar-refractivity contribution in [3.63, 3.8) is 0 Å². The summed E-state index contributed by atoms with van der Waals surface area (Å²) < 4.78 is 22.7. The molecule has 0 saturated carbocycles. The lowest BCUT2D eigenvalue weighted by atomic mass is 9.97. The molecule has 454 valence electrons. The van der Waals surface area contributed by atoms with Crippen molar-refractivity contribution in [2.45, 2.75) is 319 Å². The molecule has 14 heteroatoms. The first-order chi connectivity index (χ1) is 38.1. The second-order valence-corrected chi connectivity index (χ2v) is 22.2. The van der Waals surface area contributed by atoms with E-state index in [4.69, 9.17) is 18.9 Å². The lowest BCUT2D eigenvalue weighted by Gasteiger charge is -2.46. The molecule has 2 heterocycles. The highest BCUT2D eigenvalue weighted by atomic mass is 16.7. The monoisotopic (exact) mass is 1110 g/mol. The second kappa shape index (κ2) is 49.3. The maximum Gasteiger partial charge on any atom is 0.220 e. The van der Waals surface area contributed by atoms with E-state index in [1.807, 2.05) is 6.08 Å². The molecule has 78 heavy (non-hydrogen) atoms. The van der Waals surface area contributed by atoms with E-state index < -0.39 is 86.8 Å². The van der Waals surface area contributed by atoms with Crippen molar-refractivity contribution in [2.24, 2.45) is 0 Å². The first-order valence-electron chi connectivity index (χ1n) is 31.5. The van der Waals surface area contributed by atoms with E-state index in [1.54, 1.807) is 6.08 Å². The normalized spacial score (nSPS) is 24.9. The summed E-state index contributed by atoms with van der Waals surface area (Å²) in [6, 6.07) is -0.912. The van der Waals surface area contributed by atoms with E-state index in [0.29, 0.717) is 6.42 Å². The van der Waals surface area contributed by atoms with Crippen molar-refractivity contribution < 1.29 is 64.6 Å². The number of ether oxygens (including phenoxy) is 4. The maximum absolute atomic E-state index is 13.2. The van der Waals surface area contributed by atoms with Gasteiger partial charge in [0, 0.05) is 6.42 Å². The van der Waals surface area contributed by atoms with Crippen molar-refractivity contribution >= 4 is 5.91 Å². The molecule has 0 bridgehead atoms. The van der Waals surface area contributed by atoms with E-state index in [1.165, 1.54) is 154 Å². The molecule has 2 saturated heterocycles. The van der Waals surface area contributed by atoms with Crippen LogP contribution in [0, 0.1) is 0 Å². The molecular weight excluding hydrogens is 991 g/mol. The fourth-order valence-corrected chi connectivity index (χ4v) is 10.2. The van der Waals surface area contributed by atoms with Crippen LogP contribution in [0.3, 0.4) is 0 Å². The highest BCUT2D eigenvalue weighted by Gasteiger charge is 2.51. The number of rotatable bonds is 50. The molecule has 2 rings (SSSR count). The Labute approximate surface area is 473 Å². The standard InChI is InChI=1S/C64H115NO13/c1-3-5-7-9-11-13-14-15-16-17-18-19-20-21-22-23-24-25-26-27-28-29-30-31-32-33-34-35-36-37-38-40-42-44-46-48-56(69)65-52(53(68)47-45-43-41-39-12-10-8-6-4-2)51-75-63-61(74)59(72)62(55(50-67)77-63)78-64-60(73)58(71)57(70)54(49-66)76-64/h5,7,11,13,15-16,18-19,45,47,52-55,57-64,66-68,70-74H,3-4,6,8-10,12,14,17,20-44,46,48-51H2,1-2H3,(H,65,69)/b7-5-,13-11-,16-15-,19-18-,47-45+. The summed E-state index contributed by atoms with van der Waals surface area (Å²) in [7, 11) is 0. The second-order valence-electron chi connectivity index (χ2n) is 22.2. The number of aliphatic hydroxyl groups excluding tert-OH is 8.